The van der Waals surface area contributed by atoms with Crippen LogP contribution in [0.2, 0.25) is 0 Å². The molecule has 1 heterocycles. The van der Waals surface area contributed by atoms with Crippen molar-refractivity contribution in [2.45, 2.75) is 13.5 Å². The Hall–Kier alpha value is -3.92. The van der Waals surface area contributed by atoms with Gasteiger partial charge in [-0.3, -0.25) is 9.36 Å². The number of esters is 1. The molecule has 0 aliphatic carbocycles. The summed E-state index contributed by atoms with van der Waals surface area (Å²) in [5.74, 6) is -0.282. The lowest BCUT2D eigenvalue weighted by molar-refractivity contribution is 0.0523. The van der Waals surface area contributed by atoms with Crippen LogP contribution < -0.4 is 10.3 Å². The number of nitriles is 1. The predicted molar refractivity (Wildman–Crippen MR) is 101 cm³/mol. The zero-order valence-corrected chi connectivity index (χ0v) is 15.2. The SMILES string of the molecule is CCOC(=O)c1cncn(-c2ccccc2OCc2cccc(C#N)c2)c1=O. The van der Waals surface area contributed by atoms with Crippen LogP contribution in [0.4, 0.5) is 0 Å². The Labute approximate surface area is 161 Å². The monoisotopic (exact) mass is 375 g/mol. The molecular formula is C21H17N3O4. The van der Waals surface area contributed by atoms with Crippen molar-refractivity contribution in [3.63, 3.8) is 0 Å². The number of nitrogens with zero attached hydrogens (tertiary/aromatic N) is 3. The number of hydrogen-bond donors (Lipinski definition) is 0. The standard InChI is InChI=1S/C21H17N3O4/c1-2-27-21(26)17-12-23-14-24(20(17)25)18-8-3-4-9-19(18)28-13-16-7-5-6-15(10-16)11-22/h3-10,12,14H,2,13H2,1H3. The maximum absolute atomic E-state index is 12.7. The minimum atomic E-state index is -0.721. The van der Waals surface area contributed by atoms with E-state index in [1.807, 2.05) is 6.07 Å². The average Bonchev–Trinajstić information content (AvgIpc) is 2.73. The summed E-state index contributed by atoms with van der Waals surface area (Å²) in [6, 6.07) is 16.1. The Kier molecular flexibility index (Phi) is 5.82. The highest BCUT2D eigenvalue weighted by atomic mass is 16.5. The summed E-state index contributed by atoms with van der Waals surface area (Å²) in [5, 5.41) is 9.01. The summed E-state index contributed by atoms with van der Waals surface area (Å²) < 4.78 is 12.0. The normalized spacial score (nSPS) is 10.1. The molecule has 28 heavy (non-hydrogen) atoms. The third-order valence-electron chi connectivity index (χ3n) is 3.91. The minimum Gasteiger partial charge on any atom is -0.487 e. The van der Waals surface area contributed by atoms with Crippen LogP contribution in [0.1, 0.15) is 28.4 Å². The lowest BCUT2D eigenvalue weighted by Crippen LogP contribution is -2.26. The number of para-hydroxylation sites is 2. The number of benzene rings is 2. The third kappa shape index (κ3) is 4.07. The van der Waals surface area contributed by atoms with Gasteiger partial charge in [0.1, 0.15) is 24.2 Å². The van der Waals surface area contributed by atoms with Gasteiger partial charge in [0.25, 0.3) is 5.56 Å². The zero-order chi connectivity index (χ0) is 19.9. The number of carbonyl (C=O) groups is 1. The Morgan fingerprint density at radius 2 is 2.04 bits per heavy atom. The molecule has 0 radical (unpaired) electrons. The second-order valence-electron chi connectivity index (χ2n) is 5.77. The molecule has 0 saturated heterocycles. The summed E-state index contributed by atoms with van der Waals surface area (Å²) in [7, 11) is 0. The molecule has 0 bridgehead atoms. The van der Waals surface area contributed by atoms with Gasteiger partial charge in [-0.2, -0.15) is 5.26 Å². The van der Waals surface area contributed by atoms with E-state index >= 15 is 0 Å². The van der Waals surface area contributed by atoms with E-state index in [-0.39, 0.29) is 18.8 Å². The molecule has 7 nitrogen and oxygen atoms in total. The third-order valence-corrected chi connectivity index (χ3v) is 3.91. The van der Waals surface area contributed by atoms with Crippen LogP contribution in [0.3, 0.4) is 0 Å². The van der Waals surface area contributed by atoms with Crippen molar-refractivity contribution in [3.05, 3.63) is 88.1 Å². The van der Waals surface area contributed by atoms with Crippen LogP contribution in [0.25, 0.3) is 5.69 Å². The van der Waals surface area contributed by atoms with Crippen LogP contribution in [0, 0.1) is 11.3 Å². The topological polar surface area (TPSA) is 94.2 Å². The van der Waals surface area contributed by atoms with Gasteiger partial charge in [0.05, 0.1) is 23.9 Å². The zero-order valence-electron chi connectivity index (χ0n) is 15.2. The quantitative estimate of drug-likeness (QED) is 0.615. The van der Waals surface area contributed by atoms with Crippen molar-refractivity contribution >= 4 is 5.97 Å². The highest BCUT2D eigenvalue weighted by Crippen LogP contribution is 2.22. The number of carbonyl (C=O) groups excluding carboxylic acids is 1. The molecule has 0 amide bonds. The molecule has 3 aromatic rings. The molecule has 0 aliphatic heterocycles. The average molecular weight is 375 g/mol. The smallest absolute Gasteiger partial charge is 0.345 e. The van der Waals surface area contributed by atoms with Gasteiger partial charge in [0.15, 0.2) is 0 Å². The first kappa shape index (κ1) is 18.9. The molecule has 2 aromatic carbocycles. The minimum absolute atomic E-state index is 0.152. The maximum Gasteiger partial charge on any atom is 0.345 e. The lowest BCUT2D eigenvalue weighted by atomic mass is 10.1. The number of aromatic nitrogens is 2. The van der Waals surface area contributed by atoms with Crippen LogP contribution in [0.15, 0.2) is 65.8 Å². The van der Waals surface area contributed by atoms with Crippen molar-refractivity contribution in [3.8, 4) is 17.5 Å². The van der Waals surface area contributed by atoms with E-state index in [0.717, 1.165) is 5.56 Å². The number of ether oxygens (including phenoxy) is 2. The van der Waals surface area contributed by atoms with E-state index in [4.69, 9.17) is 14.7 Å². The first-order chi connectivity index (χ1) is 13.6. The van der Waals surface area contributed by atoms with Crippen LogP contribution in [-0.2, 0) is 11.3 Å². The van der Waals surface area contributed by atoms with Crippen molar-refractivity contribution in [1.82, 2.24) is 9.55 Å². The second kappa shape index (κ2) is 8.64. The molecule has 0 spiro atoms. The molecular weight excluding hydrogens is 358 g/mol. The van der Waals surface area contributed by atoms with Crippen LogP contribution >= 0.6 is 0 Å². The summed E-state index contributed by atoms with van der Waals surface area (Å²) in [5.41, 5.74) is 1.11. The number of hydrogen-bond acceptors (Lipinski definition) is 6. The highest BCUT2D eigenvalue weighted by molar-refractivity contribution is 5.88. The summed E-state index contributed by atoms with van der Waals surface area (Å²) in [6.07, 6.45) is 2.51. The van der Waals surface area contributed by atoms with Gasteiger partial charge in [-0.25, -0.2) is 9.78 Å². The van der Waals surface area contributed by atoms with Gasteiger partial charge < -0.3 is 9.47 Å². The van der Waals surface area contributed by atoms with E-state index in [0.29, 0.717) is 17.0 Å². The predicted octanol–water partition coefficient (Wildman–Crippen LogP) is 2.86. The van der Waals surface area contributed by atoms with E-state index in [2.05, 4.69) is 11.1 Å². The Morgan fingerprint density at radius 1 is 1.21 bits per heavy atom. The molecule has 3 rings (SSSR count). The maximum atomic E-state index is 12.7. The van der Waals surface area contributed by atoms with E-state index in [1.165, 1.54) is 17.1 Å². The second-order valence-corrected chi connectivity index (χ2v) is 5.77. The van der Waals surface area contributed by atoms with Crippen molar-refractivity contribution < 1.29 is 14.3 Å². The summed E-state index contributed by atoms with van der Waals surface area (Å²) in [6.45, 7) is 2.04. The summed E-state index contributed by atoms with van der Waals surface area (Å²) in [4.78, 5) is 28.7. The molecule has 1 aromatic heterocycles. The van der Waals surface area contributed by atoms with Gasteiger partial charge in [0, 0.05) is 6.20 Å². The molecule has 140 valence electrons. The van der Waals surface area contributed by atoms with Crippen LogP contribution in [-0.4, -0.2) is 22.1 Å². The molecule has 0 fully saturated rings. The van der Waals surface area contributed by atoms with Crippen LogP contribution in [0.5, 0.6) is 5.75 Å². The Morgan fingerprint density at radius 3 is 2.82 bits per heavy atom. The van der Waals surface area contributed by atoms with E-state index < -0.39 is 11.5 Å². The van der Waals surface area contributed by atoms with Gasteiger partial charge in [-0.05, 0) is 36.8 Å². The van der Waals surface area contributed by atoms with Gasteiger partial charge >= 0.3 is 5.97 Å². The first-order valence-electron chi connectivity index (χ1n) is 8.59. The molecule has 0 atom stereocenters. The van der Waals surface area contributed by atoms with Gasteiger partial charge in [-0.15, -0.1) is 0 Å². The molecule has 0 unspecified atom stereocenters. The van der Waals surface area contributed by atoms with Gasteiger partial charge in [0.2, 0.25) is 0 Å². The van der Waals surface area contributed by atoms with E-state index in [9.17, 15) is 9.59 Å². The number of rotatable bonds is 6. The fourth-order valence-electron chi connectivity index (χ4n) is 2.60. The molecule has 0 N–H and O–H groups in total. The fraction of sp³-hybridized carbons (Fsp3) is 0.143. The Balaban J connectivity index is 1.93. The highest BCUT2D eigenvalue weighted by Gasteiger charge is 2.16. The lowest BCUT2D eigenvalue weighted by Gasteiger charge is -2.13. The molecule has 7 heteroatoms. The largest absolute Gasteiger partial charge is 0.487 e. The van der Waals surface area contributed by atoms with Gasteiger partial charge in [-0.1, -0.05) is 24.3 Å². The fourth-order valence-corrected chi connectivity index (χ4v) is 2.60. The first-order valence-corrected chi connectivity index (χ1v) is 8.59. The Bertz CT molecular complexity index is 1100. The van der Waals surface area contributed by atoms with Crippen molar-refractivity contribution in [2.24, 2.45) is 0 Å². The molecule has 0 aliphatic rings. The van der Waals surface area contributed by atoms with Crippen molar-refractivity contribution in [2.75, 3.05) is 6.61 Å². The summed E-state index contributed by atoms with van der Waals surface area (Å²) >= 11 is 0. The molecule has 0 saturated carbocycles. The van der Waals surface area contributed by atoms with Crippen molar-refractivity contribution in [1.29, 1.82) is 5.26 Å². The van der Waals surface area contributed by atoms with E-state index in [1.54, 1.807) is 49.4 Å².